The second kappa shape index (κ2) is 12.6. The molecule has 14 heavy (non-hydrogen) atoms. The predicted molar refractivity (Wildman–Crippen MR) is 61.1 cm³/mol. The van der Waals surface area contributed by atoms with E-state index in [2.05, 4.69) is 17.4 Å². The molecule has 0 saturated heterocycles. The zero-order chi connectivity index (χ0) is 11.4. The van der Waals surface area contributed by atoms with Gasteiger partial charge in [0.25, 0.3) is 0 Å². The van der Waals surface area contributed by atoms with Crippen LogP contribution < -0.4 is 0 Å². The number of thioether (sulfide) groups is 1. The molecule has 6 heteroatoms. The highest BCUT2D eigenvalue weighted by atomic mass is 32.2. The number of esters is 1. The van der Waals surface area contributed by atoms with Crippen LogP contribution in [0.5, 0.6) is 0 Å². The van der Waals surface area contributed by atoms with Crippen LogP contribution in [0.3, 0.4) is 0 Å². The molecule has 0 aliphatic carbocycles. The van der Waals surface area contributed by atoms with Gasteiger partial charge in [0.2, 0.25) is 0 Å². The van der Waals surface area contributed by atoms with Gasteiger partial charge < -0.3 is 9.84 Å². The topological polar surface area (TPSA) is 63.6 Å². The molecule has 4 nitrogen and oxygen atoms in total. The molecule has 0 fully saturated rings. The van der Waals surface area contributed by atoms with E-state index in [9.17, 15) is 9.59 Å². The van der Waals surface area contributed by atoms with Crippen molar-refractivity contribution in [3.05, 3.63) is 0 Å². The molecule has 0 amide bonds. The number of ether oxygens (including phenoxy) is 1. The Morgan fingerprint density at radius 1 is 1.43 bits per heavy atom. The maximum absolute atomic E-state index is 10.1. The van der Waals surface area contributed by atoms with E-state index in [1.165, 1.54) is 11.8 Å². The highest BCUT2D eigenvalue weighted by Gasteiger charge is 1.92. The molecule has 1 N–H and O–H groups in total. The van der Waals surface area contributed by atoms with Crippen molar-refractivity contribution in [2.24, 2.45) is 0 Å². The van der Waals surface area contributed by atoms with E-state index in [1.807, 2.05) is 6.92 Å². The van der Waals surface area contributed by atoms with Crippen LogP contribution in [0.1, 0.15) is 13.8 Å². The van der Waals surface area contributed by atoms with Crippen LogP contribution in [0.2, 0.25) is 0 Å². The number of hydrogen-bond acceptors (Lipinski definition) is 5. The Kier molecular flexibility index (Phi) is 14.5. The summed E-state index contributed by atoms with van der Waals surface area (Å²) in [5.41, 5.74) is 0. The minimum Gasteiger partial charge on any atom is -0.481 e. The molecule has 0 aromatic carbocycles. The Labute approximate surface area is 93.8 Å². The van der Waals surface area contributed by atoms with Crippen LogP contribution in [0.25, 0.3) is 0 Å². The highest BCUT2D eigenvalue weighted by molar-refractivity contribution is 7.99. The van der Waals surface area contributed by atoms with Gasteiger partial charge in [-0.05, 0) is 12.7 Å². The maximum atomic E-state index is 10.1. The van der Waals surface area contributed by atoms with Gasteiger partial charge in [-0.1, -0.05) is 6.92 Å². The third-order valence-corrected chi connectivity index (χ3v) is 1.98. The number of aliphatic carboxylic acids is 1. The van der Waals surface area contributed by atoms with Gasteiger partial charge >= 0.3 is 11.9 Å². The second-order valence-electron chi connectivity index (χ2n) is 1.99. The van der Waals surface area contributed by atoms with E-state index in [-0.39, 0.29) is 17.5 Å². The van der Waals surface area contributed by atoms with E-state index >= 15 is 0 Å². The summed E-state index contributed by atoms with van der Waals surface area (Å²) in [4.78, 5) is 19.9. The average Bonchev–Trinajstić information content (AvgIpc) is 2.16. The number of thiol groups is 1. The smallest absolute Gasteiger partial charge is 0.315 e. The van der Waals surface area contributed by atoms with Crippen molar-refractivity contribution in [1.82, 2.24) is 0 Å². The quantitative estimate of drug-likeness (QED) is 0.560. The first kappa shape index (κ1) is 16.1. The molecule has 84 valence electrons. The lowest BCUT2D eigenvalue weighted by atomic mass is 10.8. The molecule has 0 saturated carbocycles. The zero-order valence-electron chi connectivity index (χ0n) is 8.36. The fourth-order valence-corrected chi connectivity index (χ4v) is 0.866. The van der Waals surface area contributed by atoms with Crippen molar-refractivity contribution < 1.29 is 19.4 Å². The third kappa shape index (κ3) is 17.7. The number of carboxylic acids is 1. The monoisotopic (exact) mass is 240 g/mol. The Morgan fingerprint density at radius 3 is 2.14 bits per heavy atom. The number of carbonyl (C=O) groups is 2. The largest absolute Gasteiger partial charge is 0.481 e. The zero-order valence-corrected chi connectivity index (χ0v) is 10.1. The molecule has 0 atom stereocenters. The lowest BCUT2D eigenvalue weighted by molar-refractivity contribution is -0.140. The minimum absolute atomic E-state index is 0.174. The molecule has 0 rings (SSSR count). The Balaban J connectivity index is 0. The summed E-state index contributed by atoms with van der Waals surface area (Å²) < 4.78 is 4.48. The maximum Gasteiger partial charge on any atom is 0.315 e. The van der Waals surface area contributed by atoms with Crippen molar-refractivity contribution in [1.29, 1.82) is 0 Å². The van der Waals surface area contributed by atoms with E-state index in [0.717, 1.165) is 5.75 Å². The standard InChI is InChI=1S/2C4H8O2S/c1-2-7-3-4(5)6;1-2-6-4(5)3-7/h2-3H2,1H3,(H,5,6);7H,2-3H2,1H3. The lowest BCUT2D eigenvalue weighted by Gasteiger charge is -1.93. The first-order chi connectivity index (χ1) is 6.58. The van der Waals surface area contributed by atoms with Gasteiger partial charge in [-0.2, -0.15) is 24.4 Å². The van der Waals surface area contributed by atoms with Gasteiger partial charge in [-0.15, -0.1) is 0 Å². The van der Waals surface area contributed by atoms with Crippen LogP contribution in [0.15, 0.2) is 0 Å². The molecule has 0 unspecified atom stereocenters. The molecular weight excluding hydrogens is 224 g/mol. The van der Waals surface area contributed by atoms with Crippen LogP contribution >= 0.6 is 24.4 Å². The summed E-state index contributed by atoms with van der Waals surface area (Å²) in [5, 5.41) is 8.02. The van der Waals surface area contributed by atoms with Crippen molar-refractivity contribution in [3.8, 4) is 0 Å². The van der Waals surface area contributed by atoms with Crippen molar-refractivity contribution >= 4 is 36.3 Å². The molecule has 0 aromatic rings. The highest BCUT2D eigenvalue weighted by Crippen LogP contribution is 1.95. The molecule has 0 spiro atoms. The number of carbonyl (C=O) groups excluding carboxylic acids is 1. The molecular formula is C8H16O4S2. The third-order valence-electron chi connectivity index (χ3n) is 0.864. The first-order valence-corrected chi connectivity index (χ1v) is 5.93. The number of hydrogen-bond donors (Lipinski definition) is 2. The number of rotatable bonds is 5. The Bertz CT molecular complexity index is 161. The van der Waals surface area contributed by atoms with Gasteiger partial charge in [0.15, 0.2) is 0 Å². The number of carboxylic acid groups (broad SMARTS) is 1. The fourth-order valence-electron chi connectivity index (χ4n) is 0.396. The summed E-state index contributed by atoms with van der Waals surface area (Å²) in [6, 6.07) is 0. The molecule has 0 aromatic heterocycles. The predicted octanol–water partition coefficient (Wildman–Crippen LogP) is 1.30. The summed E-state index contributed by atoms with van der Waals surface area (Å²) in [6.07, 6.45) is 0. The van der Waals surface area contributed by atoms with Gasteiger partial charge in [0, 0.05) is 0 Å². The van der Waals surface area contributed by atoms with Crippen molar-refractivity contribution in [3.63, 3.8) is 0 Å². The van der Waals surface area contributed by atoms with Gasteiger partial charge in [-0.25, -0.2) is 0 Å². The van der Waals surface area contributed by atoms with Crippen molar-refractivity contribution in [2.45, 2.75) is 13.8 Å². The molecule has 0 aliphatic heterocycles. The Morgan fingerprint density at radius 2 is 2.00 bits per heavy atom. The minimum atomic E-state index is -0.730. The summed E-state index contributed by atoms with van der Waals surface area (Å²) in [7, 11) is 0. The normalized spacial score (nSPS) is 8.50. The summed E-state index contributed by atoms with van der Waals surface area (Å²) >= 11 is 5.09. The van der Waals surface area contributed by atoms with Gasteiger partial charge in [0.1, 0.15) is 0 Å². The van der Waals surface area contributed by atoms with E-state index in [0.29, 0.717) is 6.61 Å². The molecule has 0 heterocycles. The van der Waals surface area contributed by atoms with E-state index in [1.54, 1.807) is 6.92 Å². The van der Waals surface area contributed by atoms with E-state index < -0.39 is 5.97 Å². The average molecular weight is 240 g/mol. The summed E-state index contributed by atoms with van der Waals surface area (Å²) in [6.45, 7) is 4.15. The summed E-state index contributed by atoms with van der Waals surface area (Å²) in [5.74, 6) is 0.300. The Hall–Kier alpha value is -0.360. The molecule has 0 bridgehead atoms. The molecule has 0 aliphatic rings. The SMILES string of the molecule is CCOC(=O)CS.CCSCC(=O)O. The van der Waals surface area contributed by atoms with E-state index in [4.69, 9.17) is 5.11 Å². The van der Waals surface area contributed by atoms with Gasteiger partial charge in [0.05, 0.1) is 18.1 Å². The van der Waals surface area contributed by atoms with Gasteiger partial charge in [-0.3, -0.25) is 9.59 Å². The second-order valence-corrected chi connectivity index (χ2v) is 3.58. The van der Waals surface area contributed by atoms with Crippen LogP contribution in [-0.4, -0.2) is 40.9 Å². The van der Waals surface area contributed by atoms with Crippen LogP contribution in [0.4, 0.5) is 0 Å². The fraction of sp³-hybridized carbons (Fsp3) is 0.750. The lowest BCUT2D eigenvalue weighted by Crippen LogP contribution is -2.03. The van der Waals surface area contributed by atoms with Crippen molar-refractivity contribution in [2.75, 3.05) is 23.9 Å². The first-order valence-electron chi connectivity index (χ1n) is 4.14. The van der Waals surface area contributed by atoms with Crippen LogP contribution in [-0.2, 0) is 14.3 Å². The molecule has 0 radical (unpaired) electrons. The van der Waals surface area contributed by atoms with Crippen LogP contribution in [0, 0.1) is 0 Å².